The van der Waals surface area contributed by atoms with Crippen LogP contribution in [0.3, 0.4) is 0 Å². The molecule has 1 aromatic carbocycles. The zero-order valence-electron chi connectivity index (χ0n) is 20.9. The van der Waals surface area contributed by atoms with Crippen LogP contribution in [0.5, 0.6) is 5.75 Å². The molecular formula is C27H30N4O5. The second-order valence-electron chi connectivity index (χ2n) is 8.93. The van der Waals surface area contributed by atoms with Gasteiger partial charge in [0.25, 0.3) is 5.91 Å². The van der Waals surface area contributed by atoms with E-state index < -0.39 is 23.4 Å². The van der Waals surface area contributed by atoms with Gasteiger partial charge in [-0.3, -0.25) is 10.1 Å². The number of imide groups is 1. The minimum atomic E-state index is -1.29. The molecule has 3 aliphatic rings. The van der Waals surface area contributed by atoms with Gasteiger partial charge in [-0.2, -0.15) is 0 Å². The molecule has 0 saturated carbocycles. The van der Waals surface area contributed by atoms with Crippen LogP contribution in [0.2, 0.25) is 0 Å². The van der Waals surface area contributed by atoms with Crippen LogP contribution in [0.4, 0.5) is 4.79 Å². The van der Waals surface area contributed by atoms with Crippen molar-refractivity contribution < 1.29 is 23.9 Å². The number of nitrogens with one attached hydrogen (secondary N) is 2. The van der Waals surface area contributed by atoms with Crippen LogP contribution in [-0.4, -0.2) is 54.1 Å². The molecule has 188 valence electrons. The van der Waals surface area contributed by atoms with Crippen molar-refractivity contribution in [2.24, 2.45) is 0 Å². The number of carbonyl (C=O) groups is 3. The Hall–Kier alpha value is -4.14. The SMILES string of the molecule is C=C1c2cc(OC)ccc2CN1C[C@@]1(C2=Cc3nc(C(=O)OC)ccc3C2)NC(=O)NC1=O.CCC. The van der Waals surface area contributed by atoms with Crippen molar-refractivity contribution in [3.05, 3.63) is 70.6 Å². The Morgan fingerprint density at radius 3 is 2.53 bits per heavy atom. The van der Waals surface area contributed by atoms with E-state index in [-0.39, 0.29) is 12.2 Å². The van der Waals surface area contributed by atoms with Crippen LogP contribution in [-0.2, 0) is 22.5 Å². The fourth-order valence-electron chi connectivity index (χ4n) is 4.62. The fourth-order valence-corrected chi connectivity index (χ4v) is 4.62. The highest BCUT2D eigenvalue weighted by Gasteiger charge is 2.52. The number of methoxy groups -OCH3 is 2. The molecule has 1 fully saturated rings. The Kier molecular flexibility index (Phi) is 6.83. The van der Waals surface area contributed by atoms with Crippen molar-refractivity contribution in [3.8, 4) is 5.75 Å². The number of pyridine rings is 1. The first kappa shape index (κ1) is 25.0. The topological polar surface area (TPSA) is 110 Å². The molecular weight excluding hydrogens is 460 g/mol. The van der Waals surface area contributed by atoms with E-state index in [2.05, 4.69) is 36.0 Å². The summed E-state index contributed by atoms with van der Waals surface area (Å²) >= 11 is 0. The number of fused-ring (bicyclic) bond motifs is 2. The first-order valence-corrected chi connectivity index (χ1v) is 11.8. The number of esters is 1. The van der Waals surface area contributed by atoms with Crippen LogP contribution in [0.1, 0.15) is 53.1 Å². The zero-order valence-corrected chi connectivity index (χ0v) is 20.9. The Morgan fingerprint density at radius 2 is 1.89 bits per heavy atom. The number of hydrogen-bond acceptors (Lipinski definition) is 7. The number of benzene rings is 1. The highest BCUT2D eigenvalue weighted by Crippen LogP contribution is 2.39. The van der Waals surface area contributed by atoms with Crippen molar-refractivity contribution >= 4 is 29.7 Å². The van der Waals surface area contributed by atoms with Crippen molar-refractivity contribution in [1.82, 2.24) is 20.5 Å². The summed E-state index contributed by atoms with van der Waals surface area (Å²) in [6.07, 6.45) is 3.43. The quantitative estimate of drug-likeness (QED) is 0.489. The predicted molar refractivity (Wildman–Crippen MR) is 135 cm³/mol. The van der Waals surface area contributed by atoms with E-state index in [1.54, 1.807) is 25.3 Å². The van der Waals surface area contributed by atoms with Crippen LogP contribution in [0, 0.1) is 0 Å². The third-order valence-electron chi connectivity index (χ3n) is 6.39. The lowest BCUT2D eigenvalue weighted by Gasteiger charge is -2.33. The van der Waals surface area contributed by atoms with E-state index >= 15 is 0 Å². The largest absolute Gasteiger partial charge is 0.497 e. The Bertz CT molecular complexity index is 1280. The number of urea groups is 1. The maximum absolute atomic E-state index is 13.1. The highest BCUT2D eigenvalue weighted by molar-refractivity contribution is 6.10. The van der Waals surface area contributed by atoms with Gasteiger partial charge in [0.2, 0.25) is 0 Å². The third kappa shape index (κ3) is 4.32. The summed E-state index contributed by atoms with van der Waals surface area (Å²) in [5.41, 5.74) is 3.78. The van der Waals surface area contributed by atoms with E-state index in [0.717, 1.165) is 28.1 Å². The molecule has 1 aromatic heterocycles. The van der Waals surface area contributed by atoms with Gasteiger partial charge in [-0.1, -0.05) is 39.0 Å². The lowest BCUT2D eigenvalue weighted by Crippen LogP contribution is -2.55. The average molecular weight is 491 g/mol. The normalized spacial score (nSPS) is 19.5. The van der Waals surface area contributed by atoms with Crippen LogP contribution in [0.15, 0.2) is 42.5 Å². The second-order valence-corrected chi connectivity index (χ2v) is 8.93. The summed E-state index contributed by atoms with van der Waals surface area (Å²) in [6, 6.07) is 8.61. The number of rotatable bonds is 5. The summed E-state index contributed by atoms with van der Waals surface area (Å²) in [5.74, 6) is -0.247. The molecule has 1 aliphatic carbocycles. The zero-order chi connectivity index (χ0) is 26.0. The molecule has 1 atom stereocenters. The lowest BCUT2D eigenvalue weighted by atomic mass is 9.87. The van der Waals surface area contributed by atoms with Crippen molar-refractivity contribution in [2.45, 2.75) is 38.8 Å². The van der Waals surface area contributed by atoms with E-state index in [4.69, 9.17) is 9.47 Å². The van der Waals surface area contributed by atoms with E-state index in [1.807, 2.05) is 23.1 Å². The van der Waals surface area contributed by atoms with Crippen LogP contribution in [0.25, 0.3) is 11.8 Å². The maximum atomic E-state index is 13.1. The average Bonchev–Trinajstić information content (AvgIpc) is 3.52. The Balaban J connectivity index is 0.000000967. The molecule has 2 aromatic rings. The van der Waals surface area contributed by atoms with Crippen molar-refractivity contribution in [3.63, 3.8) is 0 Å². The fraction of sp³-hybridized carbons (Fsp3) is 0.333. The molecule has 3 heterocycles. The molecule has 0 unspecified atom stereocenters. The molecule has 0 bridgehead atoms. The maximum Gasteiger partial charge on any atom is 0.356 e. The molecule has 36 heavy (non-hydrogen) atoms. The predicted octanol–water partition coefficient (Wildman–Crippen LogP) is 3.30. The number of nitrogens with zero attached hydrogens (tertiary/aromatic N) is 2. The lowest BCUT2D eigenvalue weighted by molar-refractivity contribution is -0.123. The van der Waals surface area contributed by atoms with E-state index in [0.29, 0.717) is 24.2 Å². The smallest absolute Gasteiger partial charge is 0.356 e. The highest BCUT2D eigenvalue weighted by atomic mass is 16.5. The summed E-state index contributed by atoms with van der Waals surface area (Å²) in [7, 11) is 2.90. The van der Waals surface area contributed by atoms with Gasteiger partial charge in [-0.15, -0.1) is 0 Å². The summed E-state index contributed by atoms with van der Waals surface area (Å²) in [5, 5.41) is 5.22. The molecule has 2 aliphatic heterocycles. The standard InChI is InChI=1S/C24H22N4O5.C3H8/c1-13-18-10-17(32-2)6-4-15(18)11-28(13)12-24(22(30)26-23(31)27-24)16-8-14-5-7-19(21(29)33-3)25-20(14)9-16;1-3-2/h4-7,9-10H,1,8,11-12H2,2-3H3,(H2,26,27,30,31);3H2,1-2H3/t24-;/m0./s1. The monoisotopic (exact) mass is 490 g/mol. The van der Waals surface area contributed by atoms with Gasteiger partial charge in [-0.25, -0.2) is 14.6 Å². The number of aromatic nitrogens is 1. The number of hydrogen-bond donors (Lipinski definition) is 2. The van der Waals surface area contributed by atoms with Gasteiger partial charge in [0.15, 0.2) is 5.54 Å². The van der Waals surface area contributed by atoms with Gasteiger partial charge in [-0.05, 0) is 47.4 Å². The molecule has 2 N–H and O–H groups in total. The first-order valence-electron chi connectivity index (χ1n) is 11.8. The summed E-state index contributed by atoms with van der Waals surface area (Å²) in [4.78, 5) is 43.6. The number of carbonyl (C=O) groups excluding carboxylic acids is 3. The molecule has 1 saturated heterocycles. The Morgan fingerprint density at radius 1 is 1.17 bits per heavy atom. The summed E-state index contributed by atoms with van der Waals surface area (Å²) < 4.78 is 10.1. The minimum absolute atomic E-state index is 0.181. The number of ether oxygens (including phenoxy) is 2. The molecule has 9 heteroatoms. The van der Waals surface area contributed by atoms with Gasteiger partial charge in [0.1, 0.15) is 11.4 Å². The van der Waals surface area contributed by atoms with Crippen LogP contribution < -0.4 is 15.4 Å². The van der Waals surface area contributed by atoms with Crippen molar-refractivity contribution in [2.75, 3.05) is 20.8 Å². The third-order valence-corrected chi connectivity index (χ3v) is 6.39. The van der Waals surface area contributed by atoms with Gasteiger partial charge < -0.3 is 19.7 Å². The molecule has 0 radical (unpaired) electrons. The van der Waals surface area contributed by atoms with Gasteiger partial charge >= 0.3 is 12.0 Å². The first-order chi connectivity index (χ1) is 17.3. The van der Waals surface area contributed by atoms with Crippen molar-refractivity contribution in [1.29, 1.82) is 0 Å². The molecule has 5 rings (SSSR count). The van der Waals surface area contributed by atoms with E-state index in [1.165, 1.54) is 13.5 Å². The summed E-state index contributed by atoms with van der Waals surface area (Å²) in [6.45, 7) is 9.22. The second kappa shape index (κ2) is 9.85. The molecule has 9 nitrogen and oxygen atoms in total. The minimum Gasteiger partial charge on any atom is -0.497 e. The van der Waals surface area contributed by atoms with Crippen LogP contribution >= 0.6 is 0 Å². The van der Waals surface area contributed by atoms with Gasteiger partial charge in [0, 0.05) is 17.8 Å². The van der Waals surface area contributed by atoms with E-state index in [9.17, 15) is 14.4 Å². The van der Waals surface area contributed by atoms with Gasteiger partial charge in [0.05, 0.1) is 26.5 Å². The number of amides is 3. The Labute approximate surface area is 210 Å². The molecule has 0 spiro atoms. The molecule has 3 amide bonds.